The molecular formula is C14H18ClN3OS. The van der Waals surface area contributed by atoms with Gasteiger partial charge in [-0.05, 0) is 25.0 Å². The van der Waals surface area contributed by atoms with Crippen LogP contribution in [-0.4, -0.2) is 16.6 Å². The van der Waals surface area contributed by atoms with Crippen LogP contribution < -0.4 is 16.4 Å². The summed E-state index contributed by atoms with van der Waals surface area (Å²) in [4.78, 5) is 12.5. The molecule has 0 aromatic heterocycles. The first-order chi connectivity index (χ1) is 9.53. The molecule has 0 saturated heterocycles. The topological polar surface area (TPSA) is 67.1 Å². The number of rotatable bonds is 3. The second kappa shape index (κ2) is 6.41. The molecule has 108 valence electrons. The van der Waals surface area contributed by atoms with E-state index in [2.05, 4.69) is 10.6 Å². The van der Waals surface area contributed by atoms with E-state index in [1.807, 2.05) is 12.1 Å². The normalized spacial score (nSPS) is 17.2. The summed E-state index contributed by atoms with van der Waals surface area (Å²) in [6.07, 6.45) is 4.77. The minimum atomic E-state index is -0.571. The fraction of sp³-hybridized carbons (Fsp3) is 0.429. The van der Waals surface area contributed by atoms with Crippen LogP contribution in [0.2, 0.25) is 5.02 Å². The lowest BCUT2D eigenvalue weighted by Gasteiger charge is -2.37. The van der Waals surface area contributed by atoms with Crippen molar-refractivity contribution in [1.29, 1.82) is 0 Å². The number of halogens is 1. The average molecular weight is 312 g/mol. The highest BCUT2D eigenvalue weighted by atomic mass is 35.5. The quantitative estimate of drug-likeness (QED) is 0.749. The molecule has 0 radical (unpaired) electrons. The third kappa shape index (κ3) is 3.41. The summed E-state index contributed by atoms with van der Waals surface area (Å²) >= 11 is 11.2. The number of carbonyl (C=O) groups excluding carboxylic acids is 1. The average Bonchev–Trinajstić information content (AvgIpc) is 2.42. The lowest BCUT2D eigenvalue weighted by molar-refractivity contribution is 0.236. The van der Waals surface area contributed by atoms with E-state index in [0.29, 0.717) is 15.7 Å². The Morgan fingerprint density at radius 3 is 2.50 bits per heavy atom. The summed E-state index contributed by atoms with van der Waals surface area (Å²) in [7, 11) is 0. The molecule has 0 aliphatic heterocycles. The summed E-state index contributed by atoms with van der Waals surface area (Å²) < 4.78 is 0. The minimum Gasteiger partial charge on any atom is -0.391 e. The summed E-state index contributed by atoms with van der Waals surface area (Å²) in [5.74, 6) is 0. The predicted octanol–water partition coefficient (Wildman–Crippen LogP) is 3.45. The van der Waals surface area contributed by atoms with Gasteiger partial charge < -0.3 is 16.4 Å². The summed E-state index contributed by atoms with van der Waals surface area (Å²) in [5, 5.41) is 6.17. The van der Waals surface area contributed by atoms with Gasteiger partial charge in [-0.25, -0.2) is 4.79 Å². The molecule has 1 aromatic carbocycles. The van der Waals surface area contributed by atoms with Crippen LogP contribution in [-0.2, 0) is 0 Å². The molecule has 1 aliphatic rings. The highest BCUT2D eigenvalue weighted by Crippen LogP contribution is 2.29. The van der Waals surface area contributed by atoms with E-state index in [0.717, 1.165) is 32.1 Å². The minimum absolute atomic E-state index is 0.326. The van der Waals surface area contributed by atoms with Crippen molar-refractivity contribution in [3.8, 4) is 0 Å². The van der Waals surface area contributed by atoms with Crippen molar-refractivity contribution >= 4 is 40.5 Å². The van der Waals surface area contributed by atoms with E-state index in [1.54, 1.807) is 12.1 Å². The van der Waals surface area contributed by atoms with Gasteiger partial charge in [-0.2, -0.15) is 0 Å². The Labute approximate surface area is 129 Å². The third-order valence-electron chi connectivity index (χ3n) is 3.65. The lowest BCUT2D eigenvalue weighted by atomic mass is 9.81. The van der Waals surface area contributed by atoms with Gasteiger partial charge in [-0.1, -0.05) is 55.2 Å². The molecule has 1 aromatic rings. The van der Waals surface area contributed by atoms with Crippen LogP contribution in [0.5, 0.6) is 0 Å². The number of benzene rings is 1. The van der Waals surface area contributed by atoms with Crippen molar-refractivity contribution in [1.82, 2.24) is 5.32 Å². The third-order valence-corrected chi connectivity index (χ3v) is 4.37. The Kier molecular flexibility index (Phi) is 4.83. The SMILES string of the molecule is NC(=S)C1(NC(=O)Nc2ccccc2Cl)CCCCC1. The molecule has 0 heterocycles. The lowest BCUT2D eigenvalue weighted by Crippen LogP contribution is -2.58. The number of carbonyl (C=O) groups is 1. The van der Waals surface area contributed by atoms with Crippen molar-refractivity contribution in [2.24, 2.45) is 5.73 Å². The molecule has 4 nitrogen and oxygen atoms in total. The van der Waals surface area contributed by atoms with Crippen LogP contribution in [0.4, 0.5) is 10.5 Å². The molecule has 4 N–H and O–H groups in total. The van der Waals surface area contributed by atoms with Crippen LogP contribution in [0.25, 0.3) is 0 Å². The molecule has 1 aliphatic carbocycles. The molecule has 1 fully saturated rings. The number of hydrogen-bond donors (Lipinski definition) is 3. The first-order valence-electron chi connectivity index (χ1n) is 6.67. The maximum atomic E-state index is 12.1. The number of nitrogens with two attached hydrogens (primary N) is 1. The molecular weight excluding hydrogens is 294 g/mol. The Morgan fingerprint density at radius 1 is 1.25 bits per heavy atom. The number of amides is 2. The molecule has 0 bridgehead atoms. The smallest absolute Gasteiger partial charge is 0.320 e. The van der Waals surface area contributed by atoms with Gasteiger partial charge in [0, 0.05) is 0 Å². The van der Waals surface area contributed by atoms with E-state index in [-0.39, 0.29) is 6.03 Å². The fourth-order valence-electron chi connectivity index (χ4n) is 2.52. The highest BCUT2D eigenvalue weighted by Gasteiger charge is 2.36. The summed E-state index contributed by atoms with van der Waals surface area (Å²) in [6.45, 7) is 0. The first-order valence-corrected chi connectivity index (χ1v) is 7.46. The number of thiocarbonyl (C=S) groups is 1. The van der Waals surface area contributed by atoms with Gasteiger partial charge in [0.1, 0.15) is 0 Å². The van der Waals surface area contributed by atoms with E-state index in [1.165, 1.54) is 0 Å². The van der Waals surface area contributed by atoms with E-state index in [9.17, 15) is 4.79 Å². The van der Waals surface area contributed by atoms with Gasteiger partial charge in [-0.3, -0.25) is 0 Å². The summed E-state index contributed by atoms with van der Waals surface area (Å²) in [6, 6.07) is 6.76. The van der Waals surface area contributed by atoms with Crippen molar-refractivity contribution < 1.29 is 4.79 Å². The Morgan fingerprint density at radius 2 is 1.90 bits per heavy atom. The molecule has 20 heavy (non-hydrogen) atoms. The van der Waals surface area contributed by atoms with Crippen LogP contribution in [0, 0.1) is 0 Å². The number of hydrogen-bond acceptors (Lipinski definition) is 2. The second-order valence-electron chi connectivity index (χ2n) is 5.07. The van der Waals surface area contributed by atoms with Crippen molar-refractivity contribution in [3.63, 3.8) is 0 Å². The zero-order valence-corrected chi connectivity index (χ0v) is 12.7. The Balaban J connectivity index is 2.06. The zero-order valence-electron chi connectivity index (χ0n) is 11.1. The Hall–Kier alpha value is -1.33. The molecule has 6 heteroatoms. The van der Waals surface area contributed by atoms with Gasteiger partial charge in [0.15, 0.2) is 0 Å². The van der Waals surface area contributed by atoms with Crippen molar-refractivity contribution in [3.05, 3.63) is 29.3 Å². The van der Waals surface area contributed by atoms with Crippen LogP contribution >= 0.6 is 23.8 Å². The number of urea groups is 1. The van der Waals surface area contributed by atoms with Gasteiger partial charge in [-0.15, -0.1) is 0 Å². The molecule has 2 rings (SSSR count). The van der Waals surface area contributed by atoms with Crippen molar-refractivity contribution in [2.75, 3.05) is 5.32 Å². The number of para-hydroxylation sites is 1. The second-order valence-corrected chi connectivity index (χ2v) is 5.91. The van der Waals surface area contributed by atoms with Crippen LogP contribution in [0.1, 0.15) is 32.1 Å². The largest absolute Gasteiger partial charge is 0.391 e. The highest BCUT2D eigenvalue weighted by molar-refractivity contribution is 7.80. The van der Waals surface area contributed by atoms with Crippen molar-refractivity contribution in [2.45, 2.75) is 37.6 Å². The van der Waals surface area contributed by atoms with E-state index < -0.39 is 5.54 Å². The maximum absolute atomic E-state index is 12.1. The van der Waals surface area contributed by atoms with E-state index >= 15 is 0 Å². The van der Waals surface area contributed by atoms with Gasteiger partial charge in [0.05, 0.1) is 21.2 Å². The van der Waals surface area contributed by atoms with Gasteiger partial charge in [0.25, 0.3) is 0 Å². The fourth-order valence-corrected chi connectivity index (χ4v) is 2.96. The maximum Gasteiger partial charge on any atom is 0.320 e. The molecule has 1 saturated carbocycles. The molecule has 0 atom stereocenters. The monoisotopic (exact) mass is 311 g/mol. The molecule has 0 unspecified atom stereocenters. The molecule has 0 spiro atoms. The standard InChI is InChI=1S/C14H18ClN3OS/c15-10-6-2-3-7-11(10)17-13(19)18-14(12(16)20)8-4-1-5-9-14/h2-3,6-7H,1,4-5,8-9H2,(H2,16,20)(H2,17,18,19). The van der Waals surface area contributed by atoms with Crippen LogP contribution in [0.3, 0.4) is 0 Å². The Bertz CT molecular complexity index is 515. The van der Waals surface area contributed by atoms with Gasteiger partial charge >= 0.3 is 6.03 Å². The van der Waals surface area contributed by atoms with E-state index in [4.69, 9.17) is 29.6 Å². The molecule has 2 amide bonds. The number of nitrogens with one attached hydrogen (secondary N) is 2. The van der Waals surface area contributed by atoms with Crippen LogP contribution in [0.15, 0.2) is 24.3 Å². The predicted molar refractivity (Wildman–Crippen MR) is 86.2 cm³/mol. The summed E-state index contributed by atoms with van der Waals surface area (Å²) in [5.41, 5.74) is 5.84. The van der Waals surface area contributed by atoms with Gasteiger partial charge in [0.2, 0.25) is 0 Å². The zero-order chi connectivity index (χ0) is 14.6. The first kappa shape index (κ1) is 15.1. The number of anilines is 1.